The standard InChI is InChI=1S/C13H23N3O3/c1-3-8-14-12(18)15-11(17)9-16(2)10-13(19)6-4-5-7-13/h3,19H,1,4-10H2,2H3,(H2,14,15,17,18). The van der Waals surface area contributed by atoms with Gasteiger partial charge in [-0.05, 0) is 19.9 Å². The molecule has 6 nitrogen and oxygen atoms in total. The van der Waals surface area contributed by atoms with Gasteiger partial charge in [0.15, 0.2) is 0 Å². The molecule has 0 aromatic heterocycles. The Kier molecular flexibility index (Phi) is 5.98. The molecule has 0 heterocycles. The van der Waals surface area contributed by atoms with Crippen molar-refractivity contribution in [1.82, 2.24) is 15.5 Å². The quantitative estimate of drug-likeness (QED) is 0.603. The molecule has 0 bridgehead atoms. The summed E-state index contributed by atoms with van der Waals surface area (Å²) in [5.74, 6) is -0.384. The molecule has 0 saturated heterocycles. The SMILES string of the molecule is C=CCNC(=O)NC(=O)CN(C)CC1(O)CCCC1. The smallest absolute Gasteiger partial charge is 0.321 e. The van der Waals surface area contributed by atoms with Crippen LogP contribution in [0.5, 0.6) is 0 Å². The van der Waals surface area contributed by atoms with Crippen molar-refractivity contribution >= 4 is 11.9 Å². The van der Waals surface area contributed by atoms with E-state index in [-0.39, 0.29) is 12.5 Å². The number of carbonyl (C=O) groups excluding carboxylic acids is 2. The van der Waals surface area contributed by atoms with Crippen LogP contribution in [-0.2, 0) is 4.79 Å². The molecule has 1 rings (SSSR count). The van der Waals surface area contributed by atoms with E-state index < -0.39 is 11.6 Å². The fourth-order valence-corrected chi connectivity index (χ4v) is 2.37. The van der Waals surface area contributed by atoms with E-state index in [1.54, 1.807) is 11.9 Å². The second kappa shape index (κ2) is 7.25. The van der Waals surface area contributed by atoms with Crippen LogP contribution < -0.4 is 10.6 Å². The molecule has 3 N–H and O–H groups in total. The predicted molar refractivity (Wildman–Crippen MR) is 72.7 cm³/mol. The van der Waals surface area contributed by atoms with Crippen LogP contribution in [0.25, 0.3) is 0 Å². The zero-order valence-corrected chi connectivity index (χ0v) is 11.4. The van der Waals surface area contributed by atoms with E-state index in [0.29, 0.717) is 13.1 Å². The Balaban J connectivity index is 2.27. The molecule has 108 valence electrons. The lowest BCUT2D eigenvalue weighted by molar-refractivity contribution is -0.121. The Morgan fingerprint density at radius 1 is 1.42 bits per heavy atom. The average molecular weight is 269 g/mol. The van der Waals surface area contributed by atoms with E-state index in [2.05, 4.69) is 17.2 Å². The molecule has 0 spiro atoms. The van der Waals surface area contributed by atoms with Gasteiger partial charge < -0.3 is 10.4 Å². The number of imide groups is 1. The minimum absolute atomic E-state index is 0.0871. The highest BCUT2D eigenvalue weighted by atomic mass is 16.3. The number of likely N-dealkylation sites (N-methyl/N-ethyl adjacent to an activating group) is 1. The van der Waals surface area contributed by atoms with Gasteiger partial charge in [0.25, 0.3) is 0 Å². The molecule has 0 aromatic rings. The van der Waals surface area contributed by atoms with E-state index >= 15 is 0 Å². The monoisotopic (exact) mass is 269 g/mol. The van der Waals surface area contributed by atoms with E-state index in [9.17, 15) is 14.7 Å². The third-order valence-electron chi connectivity index (χ3n) is 3.17. The van der Waals surface area contributed by atoms with Crippen molar-refractivity contribution in [3.8, 4) is 0 Å². The van der Waals surface area contributed by atoms with Crippen molar-refractivity contribution in [3.63, 3.8) is 0 Å². The largest absolute Gasteiger partial charge is 0.389 e. The van der Waals surface area contributed by atoms with Crippen LogP contribution in [0, 0.1) is 0 Å². The van der Waals surface area contributed by atoms with Crippen molar-refractivity contribution in [2.75, 3.05) is 26.7 Å². The second-order valence-corrected chi connectivity index (χ2v) is 5.15. The lowest BCUT2D eigenvalue weighted by Gasteiger charge is -2.28. The second-order valence-electron chi connectivity index (χ2n) is 5.15. The maximum atomic E-state index is 11.6. The maximum absolute atomic E-state index is 11.6. The van der Waals surface area contributed by atoms with Crippen LogP contribution in [0.15, 0.2) is 12.7 Å². The fourth-order valence-electron chi connectivity index (χ4n) is 2.37. The number of amides is 3. The number of rotatable bonds is 6. The highest BCUT2D eigenvalue weighted by Crippen LogP contribution is 2.29. The molecular formula is C13H23N3O3. The first kappa shape index (κ1) is 15.7. The van der Waals surface area contributed by atoms with Crippen molar-refractivity contribution in [1.29, 1.82) is 0 Å². The lowest BCUT2D eigenvalue weighted by atomic mass is 10.0. The van der Waals surface area contributed by atoms with Gasteiger partial charge in [0.1, 0.15) is 0 Å². The summed E-state index contributed by atoms with van der Waals surface area (Å²) in [6, 6.07) is -0.530. The minimum Gasteiger partial charge on any atom is -0.389 e. The van der Waals surface area contributed by atoms with E-state index in [0.717, 1.165) is 25.7 Å². The van der Waals surface area contributed by atoms with Crippen LogP contribution >= 0.6 is 0 Å². The van der Waals surface area contributed by atoms with Crippen LogP contribution in [0.2, 0.25) is 0 Å². The van der Waals surface area contributed by atoms with E-state index in [1.807, 2.05) is 0 Å². The Hall–Kier alpha value is -1.40. The van der Waals surface area contributed by atoms with E-state index in [4.69, 9.17) is 0 Å². The number of urea groups is 1. The van der Waals surface area contributed by atoms with Gasteiger partial charge in [-0.1, -0.05) is 18.9 Å². The molecule has 1 saturated carbocycles. The topological polar surface area (TPSA) is 81.7 Å². The third kappa shape index (κ3) is 5.85. The van der Waals surface area contributed by atoms with Crippen LogP contribution in [-0.4, -0.2) is 54.2 Å². The summed E-state index contributed by atoms with van der Waals surface area (Å²) in [6.45, 7) is 4.32. The first-order valence-corrected chi connectivity index (χ1v) is 6.55. The first-order valence-electron chi connectivity index (χ1n) is 6.55. The number of nitrogens with zero attached hydrogens (tertiary/aromatic N) is 1. The molecule has 0 aliphatic heterocycles. The summed E-state index contributed by atoms with van der Waals surface area (Å²) in [5.41, 5.74) is -0.680. The zero-order valence-electron chi connectivity index (χ0n) is 11.4. The van der Waals surface area contributed by atoms with Crippen LogP contribution in [0.1, 0.15) is 25.7 Å². The molecule has 1 fully saturated rings. The minimum atomic E-state index is -0.680. The van der Waals surface area contributed by atoms with Gasteiger partial charge >= 0.3 is 6.03 Å². The number of carbonyl (C=O) groups is 2. The Morgan fingerprint density at radius 2 is 2.05 bits per heavy atom. The summed E-state index contributed by atoms with van der Waals surface area (Å²) in [5, 5.41) is 14.9. The van der Waals surface area contributed by atoms with Gasteiger partial charge in [-0.3, -0.25) is 15.0 Å². The predicted octanol–water partition coefficient (Wildman–Crippen LogP) is 0.235. The number of hydrogen-bond acceptors (Lipinski definition) is 4. The summed E-state index contributed by atoms with van der Waals surface area (Å²) >= 11 is 0. The van der Waals surface area contributed by atoms with Crippen LogP contribution in [0.4, 0.5) is 4.79 Å². The van der Waals surface area contributed by atoms with Gasteiger partial charge in [0.2, 0.25) is 5.91 Å². The molecule has 3 amide bonds. The van der Waals surface area contributed by atoms with E-state index in [1.165, 1.54) is 6.08 Å². The van der Waals surface area contributed by atoms with Crippen molar-refractivity contribution in [2.45, 2.75) is 31.3 Å². The summed E-state index contributed by atoms with van der Waals surface area (Å²) in [7, 11) is 1.76. The Labute approximate surface area is 113 Å². The van der Waals surface area contributed by atoms with Gasteiger partial charge in [-0.15, -0.1) is 6.58 Å². The molecule has 6 heteroatoms. The van der Waals surface area contributed by atoms with Gasteiger partial charge in [-0.2, -0.15) is 0 Å². The van der Waals surface area contributed by atoms with Crippen molar-refractivity contribution < 1.29 is 14.7 Å². The number of hydrogen-bond donors (Lipinski definition) is 3. The normalized spacial score (nSPS) is 17.2. The zero-order chi connectivity index (χ0) is 14.3. The average Bonchev–Trinajstić information content (AvgIpc) is 2.72. The Bertz CT molecular complexity index is 338. The summed E-state index contributed by atoms with van der Waals surface area (Å²) in [4.78, 5) is 24.6. The summed E-state index contributed by atoms with van der Waals surface area (Å²) in [6.07, 6.45) is 5.14. The summed E-state index contributed by atoms with van der Waals surface area (Å²) < 4.78 is 0. The first-order chi connectivity index (χ1) is 8.95. The maximum Gasteiger partial charge on any atom is 0.321 e. The molecule has 0 unspecified atom stereocenters. The van der Waals surface area contributed by atoms with Crippen LogP contribution in [0.3, 0.4) is 0 Å². The molecule has 0 aromatic carbocycles. The van der Waals surface area contributed by atoms with Gasteiger partial charge in [0, 0.05) is 13.1 Å². The number of nitrogens with one attached hydrogen (secondary N) is 2. The highest BCUT2D eigenvalue weighted by Gasteiger charge is 2.32. The van der Waals surface area contributed by atoms with Crippen molar-refractivity contribution in [2.24, 2.45) is 0 Å². The highest BCUT2D eigenvalue weighted by molar-refractivity contribution is 5.95. The molecule has 0 radical (unpaired) electrons. The molecule has 1 aliphatic carbocycles. The molecular weight excluding hydrogens is 246 g/mol. The van der Waals surface area contributed by atoms with Gasteiger partial charge in [-0.25, -0.2) is 4.79 Å². The van der Waals surface area contributed by atoms with Gasteiger partial charge in [0.05, 0.1) is 12.1 Å². The number of aliphatic hydroxyl groups is 1. The lowest BCUT2D eigenvalue weighted by Crippen LogP contribution is -2.47. The Morgan fingerprint density at radius 3 is 2.63 bits per heavy atom. The molecule has 0 atom stereocenters. The molecule has 1 aliphatic rings. The fraction of sp³-hybridized carbons (Fsp3) is 0.692. The molecule has 19 heavy (non-hydrogen) atoms. The third-order valence-corrected chi connectivity index (χ3v) is 3.17. The van der Waals surface area contributed by atoms with Crippen molar-refractivity contribution in [3.05, 3.63) is 12.7 Å².